The van der Waals surface area contributed by atoms with Crippen LogP contribution in [0, 0.1) is 56.7 Å². The highest BCUT2D eigenvalue weighted by atomic mass is 16.5. The van der Waals surface area contributed by atoms with Crippen LogP contribution in [0.15, 0.2) is 42.0 Å². The zero-order valence-corrected chi connectivity index (χ0v) is 26.8. The van der Waals surface area contributed by atoms with Crippen molar-refractivity contribution in [2.24, 2.45) is 56.7 Å². The Morgan fingerprint density at radius 1 is 1.00 bits per heavy atom. The molecule has 2 spiro atoms. The van der Waals surface area contributed by atoms with Crippen LogP contribution in [0.4, 0.5) is 0 Å². The Hall–Kier alpha value is -1.69. The minimum atomic E-state index is -0.837. The highest BCUT2D eigenvalue weighted by molar-refractivity contribution is 5.75. The van der Waals surface area contributed by atoms with Crippen molar-refractivity contribution in [1.82, 2.24) is 0 Å². The predicted molar refractivity (Wildman–Crippen MR) is 162 cm³/mol. The SMILES string of the molecule is CC(C)[C@@H](C)[C@@]1(C)CCC2(C)[C@H]3CCC4C5(CC56OC[C@]4(C)[C@@H](O)[C@@H]6O)C3=CC[C@@]2(C)C1C(=O)OCc1ccccc1. The van der Waals surface area contributed by atoms with Gasteiger partial charge in [0, 0.05) is 10.8 Å². The maximum Gasteiger partial charge on any atom is 0.310 e. The van der Waals surface area contributed by atoms with Gasteiger partial charge >= 0.3 is 5.97 Å². The smallest absolute Gasteiger partial charge is 0.310 e. The highest BCUT2D eigenvalue weighted by Gasteiger charge is 2.88. The number of ether oxygens (including phenoxy) is 2. The first-order valence-corrected chi connectivity index (χ1v) is 16.6. The Bertz CT molecular complexity index is 1310. The van der Waals surface area contributed by atoms with Gasteiger partial charge in [0.25, 0.3) is 0 Å². The molecule has 2 bridgehead atoms. The summed E-state index contributed by atoms with van der Waals surface area (Å²) >= 11 is 0. The van der Waals surface area contributed by atoms with Crippen molar-refractivity contribution < 1.29 is 24.5 Å². The molecule has 230 valence electrons. The van der Waals surface area contributed by atoms with E-state index in [2.05, 4.69) is 54.5 Å². The number of benzene rings is 1. The van der Waals surface area contributed by atoms with Crippen molar-refractivity contribution >= 4 is 5.97 Å². The number of hydrogen-bond acceptors (Lipinski definition) is 5. The van der Waals surface area contributed by atoms with Crippen LogP contribution in [0.5, 0.6) is 0 Å². The van der Waals surface area contributed by atoms with Crippen molar-refractivity contribution in [3.8, 4) is 0 Å². The van der Waals surface area contributed by atoms with E-state index in [1.54, 1.807) is 0 Å². The Morgan fingerprint density at radius 2 is 1.71 bits per heavy atom. The first kappa shape index (κ1) is 29.0. The van der Waals surface area contributed by atoms with Gasteiger partial charge in [-0.1, -0.05) is 90.4 Å². The lowest BCUT2D eigenvalue weighted by molar-refractivity contribution is -0.287. The van der Waals surface area contributed by atoms with Gasteiger partial charge in [0.2, 0.25) is 0 Å². The lowest BCUT2D eigenvalue weighted by Crippen LogP contribution is -2.71. The molecule has 12 atom stereocenters. The van der Waals surface area contributed by atoms with E-state index in [9.17, 15) is 15.0 Å². The molecule has 1 aromatic carbocycles. The molecule has 0 amide bonds. The number of carbonyl (C=O) groups is 1. The average molecular weight is 577 g/mol. The second kappa shape index (κ2) is 8.95. The van der Waals surface area contributed by atoms with Gasteiger partial charge in [-0.3, -0.25) is 4.79 Å². The largest absolute Gasteiger partial charge is 0.461 e. The summed E-state index contributed by atoms with van der Waals surface area (Å²) in [5.74, 6) is 1.25. The number of carbonyl (C=O) groups excluding carboxylic acids is 1. The molecule has 0 radical (unpaired) electrons. The molecule has 4 saturated carbocycles. The second-order valence-electron chi connectivity index (χ2n) is 16.7. The predicted octanol–water partition coefficient (Wildman–Crippen LogP) is 6.71. The van der Waals surface area contributed by atoms with Crippen LogP contribution in [0.25, 0.3) is 0 Å². The van der Waals surface area contributed by atoms with Crippen molar-refractivity contribution in [1.29, 1.82) is 0 Å². The fraction of sp³-hybridized carbons (Fsp3) is 0.757. The molecular weight excluding hydrogens is 524 g/mol. The van der Waals surface area contributed by atoms with Crippen molar-refractivity contribution in [3.63, 3.8) is 0 Å². The summed E-state index contributed by atoms with van der Waals surface area (Å²) in [6.45, 7) is 17.2. The molecule has 1 aromatic rings. The van der Waals surface area contributed by atoms with Crippen LogP contribution in [-0.2, 0) is 20.9 Å². The number of esters is 1. The van der Waals surface area contributed by atoms with Gasteiger partial charge < -0.3 is 19.7 Å². The molecule has 5 aliphatic carbocycles. The zero-order chi connectivity index (χ0) is 30.1. The number of allylic oxidation sites excluding steroid dienone is 1. The van der Waals surface area contributed by atoms with Gasteiger partial charge in [-0.2, -0.15) is 0 Å². The van der Waals surface area contributed by atoms with E-state index in [-0.39, 0.29) is 33.5 Å². The summed E-state index contributed by atoms with van der Waals surface area (Å²) in [5.41, 5.74) is 0.755. The van der Waals surface area contributed by atoms with E-state index in [1.165, 1.54) is 5.57 Å². The molecule has 5 heteroatoms. The van der Waals surface area contributed by atoms with Gasteiger partial charge in [0.1, 0.15) is 18.3 Å². The van der Waals surface area contributed by atoms with Crippen molar-refractivity contribution in [2.75, 3.05) is 6.61 Å². The molecule has 5 nitrogen and oxygen atoms in total. The van der Waals surface area contributed by atoms with Crippen LogP contribution >= 0.6 is 0 Å². The summed E-state index contributed by atoms with van der Waals surface area (Å²) in [6.07, 6.45) is 6.77. The topological polar surface area (TPSA) is 76.0 Å². The number of hydrogen-bond donors (Lipinski definition) is 2. The van der Waals surface area contributed by atoms with Crippen LogP contribution in [0.1, 0.15) is 92.6 Å². The molecule has 5 unspecified atom stereocenters. The third kappa shape index (κ3) is 3.24. The van der Waals surface area contributed by atoms with E-state index in [1.807, 2.05) is 30.3 Å². The van der Waals surface area contributed by atoms with Crippen LogP contribution in [0.3, 0.4) is 0 Å². The average Bonchev–Trinajstić information content (AvgIpc) is 3.65. The van der Waals surface area contributed by atoms with E-state index in [0.29, 0.717) is 36.9 Å². The van der Waals surface area contributed by atoms with Gasteiger partial charge in [-0.15, -0.1) is 0 Å². The van der Waals surface area contributed by atoms with E-state index >= 15 is 0 Å². The summed E-state index contributed by atoms with van der Waals surface area (Å²) in [5, 5.41) is 22.6. The fourth-order valence-corrected chi connectivity index (χ4v) is 12.0. The lowest BCUT2D eigenvalue weighted by atomic mass is 9.35. The van der Waals surface area contributed by atoms with Crippen LogP contribution in [0.2, 0.25) is 0 Å². The highest BCUT2D eigenvalue weighted by Crippen LogP contribution is 2.84. The third-order valence-corrected chi connectivity index (χ3v) is 15.1. The van der Waals surface area contributed by atoms with Crippen molar-refractivity contribution in [3.05, 3.63) is 47.5 Å². The molecule has 42 heavy (non-hydrogen) atoms. The number of aliphatic hydroxyl groups is 2. The standard InChI is InChI=1S/C37H52O5/c1-22(2)23(3)32(4)17-18-34(6)25-13-14-27-33(5)21-42-37(30(39)29(33)38)20-36(27,37)26(25)15-16-35(34,7)28(32)31(40)41-19-24-11-9-8-10-12-24/h8-12,15,22-23,25,27-30,38-39H,13-14,16-21H2,1-7H3/t23-,25+,27?,28?,29+,30+,32-,33+,34?,35+,36?,37?/m1/s1. The molecule has 2 aliphatic heterocycles. The lowest BCUT2D eigenvalue weighted by Gasteiger charge is -2.69. The van der Waals surface area contributed by atoms with Gasteiger partial charge in [0.05, 0.1) is 18.6 Å². The number of rotatable bonds is 5. The van der Waals surface area contributed by atoms with Gasteiger partial charge in [0.15, 0.2) is 0 Å². The molecule has 6 fully saturated rings. The Labute approximate surface area is 252 Å². The summed E-state index contributed by atoms with van der Waals surface area (Å²) in [7, 11) is 0. The number of aliphatic hydroxyl groups excluding tert-OH is 2. The van der Waals surface area contributed by atoms with E-state index in [0.717, 1.165) is 44.1 Å². The quantitative estimate of drug-likeness (QED) is 0.301. The van der Waals surface area contributed by atoms with Gasteiger partial charge in [-0.05, 0) is 84.0 Å². The molecule has 2 heterocycles. The van der Waals surface area contributed by atoms with Crippen LogP contribution in [-0.4, -0.2) is 40.6 Å². The first-order valence-electron chi connectivity index (χ1n) is 16.6. The summed E-state index contributed by atoms with van der Waals surface area (Å²) in [4.78, 5) is 14.5. The molecule has 2 saturated heterocycles. The Kier molecular flexibility index (Phi) is 6.19. The fourth-order valence-electron chi connectivity index (χ4n) is 12.0. The molecular formula is C37H52O5. The van der Waals surface area contributed by atoms with Crippen molar-refractivity contribution in [2.45, 2.75) is 111 Å². The Morgan fingerprint density at radius 3 is 2.40 bits per heavy atom. The molecule has 2 N–H and O–H groups in total. The molecule has 7 aliphatic rings. The third-order valence-electron chi connectivity index (χ3n) is 15.1. The monoisotopic (exact) mass is 576 g/mol. The maximum atomic E-state index is 14.5. The summed E-state index contributed by atoms with van der Waals surface area (Å²) < 4.78 is 12.8. The minimum absolute atomic E-state index is 0.0417. The Balaban J connectivity index is 1.29. The second-order valence-corrected chi connectivity index (χ2v) is 16.7. The first-order chi connectivity index (χ1) is 19.7. The zero-order valence-electron chi connectivity index (χ0n) is 26.8. The maximum absolute atomic E-state index is 14.5. The van der Waals surface area contributed by atoms with Gasteiger partial charge in [-0.25, -0.2) is 0 Å². The minimum Gasteiger partial charge on any atom is -0.461 e. The van der Waals surface area contributed by atoms with E-state index < -0.39 is 23.2 Å². The van der Waals surface area contributed by atoms with E-state index in [4.69, 9.17) is 9.47 Å². The summed E-state index contributed by atoms with van der Waals surface area (Å²) in [6, 6.07) is 10.0. The normalized spacial score (nSPS) is 51.0. The molecule has 8 rings (SSSR count). The van der Waals surface area contributed by atoms with Crippen LogP contribution < -0.4 is 0 Å². The molecule has 0 aromatic heterocycles. The number of fused-ring (bicyclic) bond motifs is 5.